The molecule has 0 unspecified atom stereocenters. The first-order valence-electron chi connectivity index (χ1n) is 8.83. The number of amides is 1. The Hall–Kier alpha value is -2.81. The van der Waals surface area contributed by atoms with E-state index in [1.807, 2.05) is 21.0 Å². The molecule has 1 aromatic heterocycles. The second-order valence-corrected chi connectivity index (χ2v) is 6.76. The Balaban J connectivity index is 1.65. The third-order valence-corrected chi connectivity index (χ3v) is 4.67. The van der Waals surface area contributed by atoms with Crippen molar-refractivity contribution < 1.29 is 9.18 Å². The van der Waals surface area contributed by atoms with E-state index in [1.165, 1.54) is 24.3 Å². The fourth-order valence-electron chi connectivity index (χ4n) is 3.03. The van der Waals surface area contributed by atoms with Crippen LogP contribution in [0, 0.1) is 5.82 Å². The lowest BCUT2D eigenvalue weighted by atomic mass is 10.1. The number of anilines is 2. The standard InChI is InChI=1S/C18H24FN7O/c1-12(15-21-17(20)23-18(22-15)24(2)3)25-8-10-26(11-9-25)16(27)13-4-6-14(19)7-5-13/h4-7,12H,8-11H2,1-3H3,(H2,20,21,22,23)/t12-/m1/s1. The van der Waals surface area contributed by atoms with Crippen molar-refractivity contribution in [1.82, 2.24) is 24.8 Å². The van der Waals surface area contributed by atoms with Gasteiger partial charge >= 0.3 is 0 Å². The van der Waals surface area contributed by atoms with Crippen LogP contribution in [0.4, 0.5) is 16.3 Å². The molecule has 0 bridgehead atoms. The fourth-order valence-corrected chi connectivity index (χ4v) is 3.03. The van der Waals surface area contributed by atoms with Crippen LogP contribution in [0.25, 0.3) is 0 Å². The van der Waals surface area contributed by atoms with Crippen LogP contribution < -0.4 is 10.6 Å². The number of halogens is 1. The van der Waals surface area contributed by atoms with Crippen molar-refractivity contribution in [3.05, 3.63) is 41.5 Å². The van der Waals surface area contributed by atoms with Crippen molar-refractivity contribution in [3.8, 4) is 0 Å². The van der Waals surface area contributed by atoms with Gasteiger partial charge in [-0.15, -0.1) is 0 Å². The second kappa shape index (κ2) is 7.83. The van der Waals surface area contributed by atoms with Gasteiger partial charge in [-0.25, -0.2) is 4.39 Å². The number of piperazine rings is 1. The van der Waals surface area contributed by atoms with E-state index in [1.54, 1.807) is 9.80 Å². The van der Waals surface area contributed by atoms with Crippen LogP contribution in [0.3, 0.4) is 0 Å². The van der Waals surface area contributed by atoms with Gasteiger partial charge < -0.3 is 15.5 Å². The lowest BCUT2D eigenvalue weighted by molar-refractivity contribution is 0.0575. The molecule has 2 aromatic rings. The highest BCUT2D eigenvalue weighted by molar-refractivity contribution is 5.94. The van der Waals surface area contributed by atoms with Gasteiger partial charge in [-0.1, -0.05) is 0 Å². The van der Waals surface area contributed by atoms with Crippen LogP contribution >= 0.6 is 0 Å². The highest BCUT2D eigenvalue weighted by Crippen LogP contribution is 2.21. The highest BCUT2D eigenvalue weighted by atomic mass is 19.1. The van der Waals surface area contributed by atoms with Gasteiger partial charge in [0.2, 0.25) is 11.9 Å². The third-order valence-electron chi connectivity index (χ3n) is 4.67. The largest absolute Gasteiger partial charge is 0.368 e. The van der Waals surface area contributed by atoms with Crippen molar-refractivity contribution in [2.24, 2.45) is 0 Å². The van der Waals surface area contributed by atoms with Crippen LogP contribution in [0.1, 0.15) is 29.1 Å². The van der Waals surface area contributed by atoms with E-state index in [9.17, 15) is 9.18 Å². The quantitative estimate of drug-likeness (QED) is 0.860. The summed E-state index contributed by atoms with van der Waals surface area (Å²) < 4.78 is 13.0. The molecule has 1 aliphatic heterocycles. The van der Waals surface area contributed by atoms with Crippen LogP contribution in [0.15, 0.2) is 24.3 Å². The summed E-state index contributed by atoms with van der Waals surface area (Å²) >= 11 is 0. The number of hydrogen-bond donors (Lipinski definition) is 1. The van der Waals surface area contributed by atoms with E-state index in [-0.39, 0.29) is 23.7 Å². The number of rotatable bonds is 4. The molecule has 1 saturated heterocycles. The molecule has 8 nitrogen and oxygen atoms in total. The minimum atomic E-state index is -0.348. The molecule has 2 N–H and O–H groups in total. The Bertz CT molecular complexity index is 804. The predicted octanol–water partition coefficient (Wildman–Crippen LogP) is 1.18. The van der Waals surface area contributed by atoms with Crippen molar-refractivity contribution in [3.63, 3.8) is 0 Å². The molecule has 0 spiro atoms. The molecule has 27 heavy (non-hydrogen) atoms. The monoisotopic (exact) mass is 373 g/mol. The van der Waals surface area contributed by atoms with E-state index in [0.717, 1.165) is 0 Å². The average molecular weight is 373 g/mol. The Labute approximate surface area is 157 Å². The molecular weight excluding hydrogens is 349 g/mol. The zero-order valence-electron chi connectivity index (χ0n) is 15.8. The summed E-state index contributed by atoms with van der Waals surface area (Å²) in [7, 11) is 3.70. The fraction of sp³-hybridized carbons (Fsp3) is 0.444. The minimum Gasteiger partial charge on any atom is -0.368 e. The lowest BCUT2D eigenvalue weighted by Gasteiger charge is -2.37. The molecule has 3 rings (SSSR count). The number of carbonyl (C=O) groups is 1. The lowest BCUT2D eigenvalue weighted by Crippen LogP contribution is -2.49. The first-order valence-corrected chi connectivity index (χ1v) is 8.83. The molecule has 1 amide bonds. The number of benzene rings is 1. The molecular formula is C18H24FN7O. The zero-order valence-corrected chi connectivity index (χ0v) is 15.8. The van der Waals surface area contributed by atoms with Gasteiger partial charge in [-0.05, 0) is 31.2 Å². The number of nitrogens with zero attached hydrogens (tertiary/aromatic N) is 6. The second-order valence-electron chi connectivity index (χ2n) is 6.76. The Morgan fingerprint density at radius 3 is 2.33 bits per heavy atom. The van der Waals surface area contributed by atoms with E-state index >= 15 is 0 Å². The summed E-state index contributed by atoms with van der Waals surface area (Å²) in [6.45, 7) is 4.57. The Morgan fingerprint density at radius 1 is 1.11 bits per heavy atom. The van der Waals surface area contributed by atoms with Gasteiger partial charge in [0.15, 0.2) is 5.82 Å². The number of carbonyl (C=O) groups excluding carboxylic acids is 1. The van der Waals surface area contributed by atoms with Gasteiger partial charge in [0.05, 0.1) is 6.04 Å². The number of hydrogen-bond acceptors (Lipinski definition) is 7. The molecule has 9 heteroatoms. The van der Waals surface area contributed by atoms with E-state index in [4.69, 9.17) is 5.73 Å². The zero-order chi connectivity index (χ0) is 19.6. The topological polar surface area (TPSA) is 91.5 Å². The minimum absolute atomic E-state index is 0.0444. The van der Waals surface area contributed by atoms with Gasteiger partial charge in [0, 0.05) is 45.8 Å². The first kappa shape index (κ1) is 19.0. The van der Waals surface area contributed by atoms with Crippen LogP contribution in [0.5, 0.6) is 0 Å². The first-order chi connectivity index (χ1) is 12.8. The van der Waals surface area contributed by atoms with Crippen molar-refractivity contribution >= 4 is 17.8 Å². The average Bonchev–Trinajstić information content (AvgIpc) is 2.67. The van der Waals surface area contributed by atoms with Crippen LogP contribution in [0.2, 0.25) is 0 Å². The maximum absolute atomic E-state index is 13.0. The van der Waals surface area contributed by atoms with Crippen molar-refractivity contribution in [2.75, 3.05) is 50.9 Å². The Morgan fingerprint density at radius 2 is 1.74 bits per heavy atom. The molecule has 1 atom stereocenters. The normalized spacial score (nSPS) is 16.2. The summed E-state index contributed by atoms with van der Waals surface area (Å²) in [6, 6.07) is 5.60. The maximum atomic E-state index is 13.0. The van der Waals surface area contributed by atoms with Crippen molar-refractivity contribution in [2.45, 2.75) is 13.0 Å². The maximum Gasteiger partial charge on any atom is 0.253 e. The van der Waals surface area contributed by atoms with Crippen LogP contribution in [-0.2, 0) is 0 Å². The van der Waals surface area contributed by atoms with Crippen LogP contribution in [-0.4, -0.2) is 70.9 Å². The molecule has 2 heterocycles. The van der Waals surface area contributed by atoms with Gasteiger partial charge in [0.1, 0.15) is 5.82 Å². The van der Waals surface area contributed by atoms with Crippen molar-refractivity contribution in [1.29, 1.82) is 0 Å². The molecule has 0 radical (unpaired) electrons. The van der Waals surface area contributed by atoms with Gasteiger partial charge in [-0.3, -0.25) is 9.69 Å². The molecule has 144 valence electrons. The molecule has 1 aliphatic rings. The summed E-state index contributed by atoms with van der Waals surface area (Å²) in [6.07, 6.45) is 0. The summed E-state index contributed by atoms with van der Waals surface area (Å²) in [5.41, 5.74) is 6.31. The smallest absolute Gasteiger partial charge is 0.253 e. The van der Waals surface area contributed by atoms with Gasteiger partial charge in [-0.2, -0.15) is 15.0 Å². The van der Waals surface area contributed by atoms with Gasteiger partial charge in [0.25, 0.3) is 5.91 Å². The Kier molecular flexibility index (Phi) is 5.50. The molecule has 0 saturated carbocycles. The van der Waals surface area contributed by atoms with E-state index in [2.05, 4.69) is 19.9 Å². The third kappa shape index (κ3) is 4.30. The molecule has 1 aromatic carbocycles. The summed E-state index contributed by atoms with van der Waals surface area (Å²) in [5, 5.41) is 0. The number of nitrogen functional groups attached to an aromatic ring is 1. The number of aromatic nitrogens is 3. The molecule has 0 aliphatic carbocycles. The highest BCUT2D eigenvalue weighted by Gasteiger charge is 2.27. The molecule has 1 fully saturated rings. The van der Waals surface area contributed by atoms with E-state index in [0.29, 0.717) is 43.5 Å². The predicted molar refractivity (Wildman–Crippen MR) is 101 cm³/mol. The summed E-state index contributed by atoms with van der Waals surface area (Å²) in [4.78, 5) is 31.2. The number of nitrogens with two attached hydrogens (primary N) is 1. The SMILES string of the molecule is C[C@H](c1nc(N)nc(N(C)C)n1)N1CCN(C(=O)c2ccc(F)cc2)CC1. The van der Waals surface area contributed by atoms with E-state index < -0.39 is 0 Å². The summed E-state index contributed by atoms with van der Waals surface area (Å²) in [5.74, 6) is 0.903.